The second-order valence-corrected chi connectivity index (χ2v) is 3.84. The summed E-state index contributed by atoms with van der Waals surface area (Å²) < 4.78 is 0. The van der Waals surface area contributed by atoms with Crippen LogP contribution in [0.4, 0.5) is 17.6 Å². The zero-order valence-electron chi connectivity index (χ0n) is 10.7. The third-order valence-electron chi connectivity index (χ3n) is 2.63. The number of anilines is 3. The molecular weight excluding hydrogens is 226 g/mol. The zero-order valence-corrected chi connectivity index (χ0v) is 10.7. The minimum Gasteiger partial charge on any atom is -0.368 e. The molecule has 0 aliphatic carbocycles. The Morgan fingerprint density at radius 1 is 1.06 bits per heavy atom. The van der Waals surface area contributed by atoms with E-state index in [-0.39, 0.29) is 5.95 Å². The molecule has 1 aromatic carbocycles. The Balaban J connectivity index is 2.42. The molecule has 0 aliphatic rings. The average molecular weight is 243 g/mol. The molecule has 0 radical (unpaired) electrons. The predicted octanol–water partition coefficient (Wildman–Crippen LogP) is 2.17. The van der Waals surface area contributed by atoms with Gasteiger partial charge in [-0.1, -0.05) is 25.1 Å². The monoisotopic (exact) mass is 243 g/mol. The lowest BCUT2D eigenvalue weighted by Gasteiger charge is -2.21. The second-order valence-electron chi connectivity index (χ2n) is 3.84. The molecule has 0 bridgehead atoms. The third-order valence-corrected chi connectivity index (χ3v) is 2.63. The largest absolute Gasteiger partial charge is 0.368 e. The molecule has 0 amide bonds. The summed E-state index contributed by atoms with van der Waals surface area (Å²) in [6.07, 6.45) is 0.742. The maximum absolute atomic E-state index is 5.72. The summed E-state index contributed by atoms with van der Waals surface area (Å²) in [5, 5.41) is 0. The Hall–Kier alpha value is -2.17. The van der Waals surface area contributed by atoms with E-state index in [4.69, 9.17) is 5.73 Å². The summed E-state index contributed by atoms with van der Waals surface area (Å²) in [4.78, 5) is 14.7. The lowest BCUT2D eigenvalue weighted by Crippen LogP contribution is -2.20. The van der Waals surface area contributed by atoms with Crippen LogP contribution in [0.5, 0.6) is 0 Å². The Bertz CT molecular complexity index is 512. The predicted molar refractivity (Wildman–Crippen MR) is 72.7 cm³/mol. The van der Waals surface area contributed by atoms with Gasteiger partial charge in [0, 0.05) is 18.7 Å². The van der Waals surface area contributed by atoms with Crippen LogP contribution < -0.4 is 10.6 Å². The van der Waals surface area contributed by atoms with E-state index >= 15 is 0 Å². The van der Waals surface area contributed by atoms with Crippen LogP contribution in [0.1, 0.15) is 19.7 Å². The van der Waals surface area contributed by atoms with E-state index in [2.05, 4.69) is 21.9 Å². The van der Waals surface area contributed by atoms with E-state index in [1.54, 1.807) is 0 Å². The van der Waals surface area contributed by atoms with Crippen molar-refractivity contribution in [1.29, 1.82) is 0 Å². The molecule has 1 heterocycles. The Kier molecular flexibility index (Phi) is 3.72. The fourth-order valence-electron chi connectivity index (χ4n) is 1.75. The van der Waals surface area contributed by atoms with Crippen LogP contribution in [0, 0.1) is 0 Å². The molecule has 0 spiro atoms. The van der Waals surface area contributed by atoms with Gasteiger partial charge in [-0.15, -0.1) is 0 Å². The highest BCUT2D eigenvalue weighted by atomic mass is 15.3. The summed E-state index contributed by atoms with van der Waals surface area (Å²) in [6, 6.07) is 10.0. The Morgan fingerprint density at radius 2 is 1.78 bits per heavy atom. The molecule has 0 unspecified atom stereocenters. The molecule has 1 aromatic heterocycles. The number of rotatable bonds is 4. The molecule has 0 aliphatic heterocycles. The quantitative estimate of drug-likeness (QED) is 0.891. The van der Waals surface area contributed by atoms with Gasteiger partial charge < -0.3 is 10.6 Å². The fourth-order valence-corrected chi connectivity index (χ4v) is 1.75. The van der Waals surface area contributed by atoms with Crippen LogP contribution in [-0.4, -0.2) is 21.5 Å². The maximum atomic E-state index is 5.72. The van der Waals surface area contributed by atoms with Gasteiger partial charge in [0.25, 0.3) is 0 Å². The number of benzene rings is 1. The van der Waals surface area contributed by atoms with Crippen LogP contribution in [0.3, 0.4) is 0 Å². The highest BCUT2D eigenvalue weighted by Gasteiger charge is 2.12. The lowest BCUT2D eigenvalue weighted by atomic mass is 10.3. The summed E-state index contributed by atoms with van der Waals surface area (Å²) in [5.74, 6) is 1.59. The number of nitrogen functional groups attached to an aromatic ring is 1. The van der Waals surface area contributed by atoms with Gasteiger partial charge in [-0.05, 0) is 19.1 Å². The van der Waals surface area contributed by atoms with E-state index in [0.29, 0.717) is 11.8 Å². The summed E-state index contributed by atoms with van der Waals surface area (Å²) in [7, 11) is 0. The molecule has 2 aromatic rings. The van der Waals surface area contributed by atoms with Crippen molar-refractivity contribution in [3.8, 4) is 0 Å². The van der Waals surface area contributed by atoms with Gasteiger partial charge in [-0.3, -0.25) is 0 Å². The molecule has 0 atom stereocenters. The first-order valence-corrected chi connectivity index (χ1v) is 6.07. The molecule has 18 heavy (non-hydrogen) atoms. The molecule has 0 fully saturated rings. The Labute approximate surface area is 107 Å². The maximum Gasteiger partial charge on any atom is 0.234 e. The first kappa shape index (κ1) is 12.3. The van der Waals surface area contributed by atoms with Crippen molar-refractivity contribution in [3.05, 3.63) is 36.2 Å². The van der Waals surface area contributed by atoms with Crippen LogP contribution in [0.2, 0.25) is 0 Å². The van der Waals surface area contributed by atoms with E-state index in [9.17, 15) is 0 Å². The van der Waals surface area contributed by atoms with Gasteiger partial charge >= 0.3 is 0 Å². The fraction of sp³-hybridized carbons (Fsp3) is 0.308. The highest BCUT2D eigenvalue weighted by Crippen LogP contribution is 2.21. The van der Waals surface area contributed by atoms with Gasteiger partial charge in [-0.2, -0.15) is 15.0 Å². The minimum absolute atomic E-state index is 0.270. The number of para-hydroxylation sites is 1. The summed E-state index contributed by atoms with van der Waals surface area (Å²) >= 11 is 0. The SMILES string of the molecule is CCc1nc(N)nc(N(CC)c2ccccc2)n1. The van der Waals surface area contributed by atoms with Crippen molar-refractivity contribution >= 4 is 17.6 Å². The number of aromatic nitrogens is 3. The van der Waals surface area contributed by atoms with Crippen molar-refractivity contribution in [2.75, 3.05) is 17.2 Å². The van der Waals surface area contributed by atoms with E-state index in [0.717, 1.165) is 18.7 Å². The molecule has 94 valence electrons. The average Bonchev–Trinajstić information content (AvgIpc) is 2.40. The lowest BCUT2D eigenvalue weighted by molar-refractivity contribution is 0.864. The summed E-state index contributed by atoms with van der Waals surface area (Å²) in [5.41, 5.74) is 6.77. The standard InChI is InChI=1S/C13H17N5/c1-3-11-15-12(14)17-13(16-11)18(4-2)10-8-6-5-7-9-10/h5-9H,3-4H2,1-2H3,(H2,14,15,16,17). The van der Waals surface area contributed by atoms with Crippen molar-refractivity contribution in [2.45, 2.75) is 20.3 Å². The van der Waals surface area contributed by atoms with Crippen LogP contribution in [0.15, 0.2) is 30.3 Å². The minimum atomic E-state index is 0.270. The van der Waals surface area contributed by atoms with Crippen molar-refractivity contribution in [2.24, 2.45) is 0 Å². The van der Waals surface area contributed by atoms with E-state index < -0.39 is 0 Å². The number of hydrogen-bond acceptors (Lipinski definition) is 5. The van der Waals surface area contributed by atoms with Crippen LogP contribution >= 0.6 is 0 Å². The topological polar surface area (TPSA) is 67.9 Å². The zero-order chi connectivity index (χ0) is 13.0. The van der Waals surface area contributed by atoms with Crippen LogP contribution in [0.25, 0.3) is 0 Å². The number of aryl methyl sites for hydroxylation is 1. The summed E-state index contributed by atoms with van der Waals surface area (Å²) in [6.45, 7) is 4.83. The second kappa shape index (κ2) is 5.44. The van der Waals surface area contributed by atoms with Crippen molar-refractivity contribution < 1.29 is 0 Å². The Morgan fingerprint density at radius 3 is 2.39 bits per heavy atom. The molecular formula is C13H17N5. The van der Waals surface area contributed by atoms with Gasteiger partial charge in [0.1, 0.15) is 5.82 Å². The molecule has 2 N–H and O–H groups in total. The first-order chi connectivity index (χ1) is 8.74. The molecule has 2 rings (SSSR count). The number of nitrogens with two attached hydrogens (primary N) is 1. The van der Waals surface area contributed by atoms with Gasteiger partial charge in [-0.25, -0.2) is 0 Å². The van der Waals surface area contributed by atoms with Gasteiger partial charge in [0.15, 0.2) is 0 Å². The first-order valence-electron chi connectivity index (χ1n) is 6.07. The smallest absolute Gasteiger partial charge is 0.234 e. The normalized spacial score (nSPS) is 10.3. The third kappa shape index (κ3) is 2.56. The van der Waals surface area contributed by atoms with Gasteiger partial charge in [0.05, 0.1) is 0 Å². The highest BCUT2D eigenvalue weighted by molar-refractivity contribution is 5.57. The molecule has 0 saturated heterocycles. The molecule has 5 heteroatoms. The molecule has 0 saturated carbocycles. The number of nitrogens with zero attached hydrogens (tertiary/aromatic N) is 4. The van der Waals surface area contributed by atoms with E-state index in [1.807, 2.05) is 42.2 Å². The van der Waals surface area contributed by atoms with Crippen LogP contribution in [-0.2, 0) is 6.42 Å². The van der Waals surface area contributed by atoms with E-state index in [1.165, 1.54) is 0 Å². The van der Waals surface area contributed by atoms with Gasteiger partial charge in [0.2, 0.25) is 11.9 Å². The molecule has 5 nitrogen and oxygen atoms in total. The van der Waals surface area contributed by atoms with Crippen molar-refractivity contribution in [1.82, 2.24) is 15.0 Å². The number of hydrogen-bond donors (Lipinski definition) is 1. The van der Waals surface area contributed by atoms with Crippen molar-refractivity contribution in [3.63, 3.8) is 0 Å².